The van der Waals surface area contributed by atoms with Crippen molar-refractivity contribution >= 4 is 11.9 Å². The van der Waals surface area contributed by atoms with Crippen LogP contribution in [0.15, 0.2) is 30.3 Å². The second-order valence-corrected chi connectivity index (χ2v) is 5.07. The Bertz CT molecular complexity index is 452. The molecule has 1 aromatic carbocycles. The maximum Gasteiger partial charge on any atom is 0.313 e. The fourth-order valence-corrected chi connectivity index (χ4v) is 2.52. The Kier molecular flexibility index (Phi) is 5.16. The third-order valence-electron chi connectivity index (χ3n) is 3.69. The van der Waals surface area contributed by atoms with Gasteiger partial charge in [-0.2, -0.15) is 0 Å². The number of hydrogen-bond donors (Lipinski definition) is 0. The van der Waals surface area contributed by atoms with Crippen molar-refractivity contribution in [1.29, 1.82) is 0 Å². The van der Waals surface area contributed by atoms with Crippen molar-refractivity contribution in [1.82, 2.24) is 4.90 Å². The molecule has 0 bridgehead atoms. The lowest BCUT2D eigenvalue weighted by Gasteiger charge is -2.17. The van der Waals surface area contributed by atoms with Gasteiger partial charge in [-0.3, -0.25) is 9.59 Å². The Morgan fingerprint density at radius 2 is 1.85 bits per heavy atom. The van der Waals surface area contributed by atoms with E-state index in [2.05, 4.69) is 0 Å². The molecule has 1 unspecified atom stereocenters. The topological polar surface area (TPSA) is 46.6 Å². The van der Waals surface area contributed by atoms with Crippen LogP contribution in [0.2, 0.25) is 0 Å². The van der Waals surface area contributed by atoms with E-state index in [4.69, 9.17) is 4.74 Å². The summed E-state index contributed by atoms with van der Waals surface area (Å²) >= 11 is 0. The van der Waals surface area contributed by atoms with E-state index in [0.29, 0.717) is 6.42 Å². The van der Waals surface area contributed by atoms with Crippen LogP contribution in [-0.4, -0.2) is 36.5 Å². The number of likely N-dealkylation sites (tertiary alicyclic amines) is 1. The fraction of sp³-hybridized carbons (Fsp3) is 0.500. The van der Waals surface area contributed by atoms with Crippen molar-refractivity contribution in [3.8, 4) is 0 Å². The molecule has 1 saturated heterocycles. The number of amides is 1. The van der Waals surface area contributed by atoms with Gasteiger partial charge in [0.1, 0.15) is 0 Å². The lowest BCUT2D eigenvalue weighted by atomic mass is 9.97. The van der Waals surface area contributed by atoms with Gasteiger partial charge in [-0.15, -0.1) is 0 Å². The summed E-state index contributed by atoms with van der Waals surface area (Å²) in [5.74, 6) is -0.687. The molecule has 4 nitrogen and oxygen atoms in total. The van der Waals surface area contributed by atoms with Crippen molar-refractivity contribution in [3.63, 3.8) is 0 Å². The molecule has 1 aliphatic rings. The fourth-order valence-electron chi connectivity index (χ4n) is 2.52. The molecule has 108 valence electrons. The predicted molar refractivity (Wildman–Crippen MR) is 76.2 cm³/mol. The molecule has 0 spiro atoms. The van der Waals surface area contributed by atoms with Gasteiger partial charge in [0, 0.05) is 13.1 Å². The summed E-state index contributed by atoms with van der Waals surface area (Å²) < 4.78 is 5.19. The van der Waals surface area contributed by atoms with Crippen molar-refractivity contribution < 1.29 is 14.3 Å². The summed E-state index contributed by atoms with van der Waals surface area (Å²) in [7, 11) is 0. The summed E-state index contributed by atoms with van der Waals surface area (Å²) in [6, 6.07) is 9.55. The number of carbonyl (C=O) groups excluding carboxylic acids is 2. The molecule has 2 rings (SSSR count). The van der Waals surface area contributed by atoms with Crippen molar-refractivity contribution in [2.24, 2.45) is 0 Å². The molecular formula is C16H21NO3. The number of hydrogen-bond acceptors (Lipinski definition) is 3. The van der Waals surface area contributed by atoms with Gasteiger partial charge in [0.2, 0.25) is 0 Å². The van der Waals surface area contributed by atoms with Crippen LogP contribution in [0.3, 0.4) is 0 Å². The molecule has 1 fully saturated rings. The number of nitrogens with zero attached hydrogens (tertiary/aromatic N) is 1. The van der Waals surface area contributed by atoms with Crippen LogP contribution in [-0.2, 0) is 14.3 Å². The first kappa shape index (κ1) is 14.6. The van der Waals surface area contributed by atoms with Gasteiger partial charge < -0.3 is 9.64 Å². The minimum atomic E-state index is -0.314. The van der Waals surface area contributed by atoms with Gasteiger partial charge in [0.05, 0.1) is 5.92 Å². The molecule has 1 heterocycles. The average Bonchev–Trinajstić information content (AvgIpc) is 3.01. The first-order valence-electron chi connectivity index (χ1n) is 7.21. The third-order valence-corrected chi connectivity index (χ3v) is 3.69. The Hall–Kier alpha value is -1.84. The normalized spacial score (nSPS) is 15.9. The lowest BCUT2D eigenvalue weighted by Crippen LogP contribution is -2.32. The Morgan fingerprint density at radius 1 is 1.20 bits per heavy atom. The van der Waals surface area contributed by atoms with Crippen LogP contribution in [0.4, 0.5) is 0 Å². The molecule has 1 aliphatic heterocycles. The first-order valence-corrected chi connectivity index (χ1v) is 7.21. The number of rotatable bonds is 5. The standard InChI is InChI=1S/C16H21NO3/c1-2-14(13-8-4-3-5-9-13)16(19)20-12-15(18)17-10-6-7-11-17/h3-5,8-9,14H,2,6-7,10-12H2,1H3. The molecule has 0 aromatic heterocycles. The zero-order valence-corrected chi connectivity index (χ0v) is 11.9. The molecule has 0 aliphatic carbocycles. The zero-order chi connectivity index (χ0) is 14.4. The highest BCUT2D eigenvalue weighted by Gasteiger charge is 2.23. The number of carbonyl (C=O) groups is 2. The number of benzene rings is 1. The van der Waals surface area contributed by atoms with Gasteiger partial charge in [-0.05, 0) is 24.8 Å². The van der Waals surface area contributed by atoms with Crippen LogP contribution in [0.25, 0.3) is 0 Å². The largest absolute Gasteiger partial charge is 0.455 e. The lowest BCUT2D eigenvalue weighted by molar-refractivity contribution is -0.153. The van der Waals surface area contributed by atoms with E-state index in [1.54, 1.807) is 4.90 Å². The predicted octanol–water partition coefficient (Wildman–Crippen LogP) is 2.35. The average molecular weight is 275 g/mol. The maximum absolute atomic E-state index is 12.1. The second kappa shape index (κ2) is 7.08. The highest BCUT2D eigenvalue weighted by Crippen LogP contribution is 2.20. The van der Waals surface area contributed by atoms with Crippen LogP contribution < -0.4 is 0 Å². The number of ether oxygens (including phenoxy) is 1. The van der Waals surface area contributed by atoms with E-state index in [-0.39, 0.29) is 24.4 Å². The Balaban J connectivity index is 1.88. The Labute approximate surface area is 119 Å². The quantitative estimate of drug-likeness (QED) is 0.775. The highest BCUT2D eigenvalue weighted by molar-refractivity contribution is 5.83. The molecule has 1 aromatic rings. The summed E-state index contributed by atoms with van der Waals surface area (Å²) in [6.45, 7) is 3.38. The minimum Gasteiger partial charge on any atom is -0.455 e. The van der Waals surface area contributed by atoms with E-state index in [0.717, 1.165) is 31.5 Å². The van der Waals surface area contributed by atoms with E-state index >= 15 is 0 Å². The highest BCUT2D eigenvalue weighted by atomic mass is 16.5. The zero-order valence-electron chi connectivity index (χ0n) is 11.9. The molecule has 20 heavy (non-hydrogen) atoms. The van der Waals surface area contributed by atoms with Gasteiger partial charge >= 0.3 is 5.97 Å². The molecule has 0 radical (unpaired) electrons. The van der Waals surface area contributed by atoms with E-state index in [1.165, 1.54) is 0 Å². The van der Waals surface area contributed by atoms with Crippen LogP contribution in [0.1, 0.15) is 37.7 Å². The van der Waals surface area contributed by atoms with E-state index < -0.39 is 0 Å². The summed E-state index contributed by atoms with van der Waals surface area (Å²) in [4.78, 5) is 25.7. The van der Waals surface area contributed by atoms with Crippen molar-refractivity contribution in [3.05, 3.63) is 35.9 Å². The van der Waals surface area contributed by atoms with Gasteiger partial charge in [0.15, 0.2) is 6.61 Å². The van der Waals surface area contributed by atoms with Crippen LogP contribution in [0.5, 0.6) is 0 Å². The summed E-state index contributed by atoms with van der Waals surface area (Å²) in [5.41, 5.74) is 0.939. The molecule has 0 N–H and O–H groups in total. The second-order valence-electron chi connectivity index (χ2n) is 5.07. The van der Waals surface area contributed by atoms with Crippen LogP contribution >= 0.6 is 0 Å². The summed E-state index contributed by atoms with van der Waals surface area (Å²) in [6.07, 6.45) is 2.75. The minimum absolute atomic E-state index is 0.0845. The van der Waals surface area contributed by atoms with E-state index in [9.17, 15) is 9.59 Å². The first-order chi connectivity index (χ1) is 9.72. The van der Waals surface area contributed by atoms with Crippen molar-refractivity contribution in [2.45, 2.75) is 32.1 Å². The molecule has 4 heteroatoms. The van der Waals surface area contributed by atoms with E-state index in [1.807, 2.05) is 37.3 Å². The third kappa shape index (κ3) is 3.59. The van der Waals surface area contributed by atoms with Crippen LogP contribution in [0, 0.1) is 0 Å². The number of esters is 1. The van der Waals surface area contributed by atoms with Gasteiger partial charge in [-0.25, -0.2) is 0 Å². The Morgan fingerprint density at radius 3 is 2.45 bits per heavy atom. The maximum atomic E-state index is 12.1. The van der Waals surface area contributed by atoms with Gasteiger partial charge in [-0.1, -0.05) is 37.3 Å². The molecule has 1 amide bonds. The van der Waals surface area contributed by atoms with Crippen molar-refractivity contribution in [2.75, 3.05) is 19.7 Å². The SMILES string of the molecule is CCC(C(=O)OCC(=O)N1CCCC1)c1ccccc1. The summed E-state index contributed by atoms with van der Waals surface area (Å²) in [5, 5.41) is 0. The smallest absolute Gasteiger partial charge is 0.313 e. The van der Waals surface area contributed by atoms with Gasteiger partial charge in [0.25, 0.3) is 5.91 Å². The monoisotopic (exact) mass is 275 g/mol. The molecular weight excluding hydrogens is 254 g/mol. The molecule has 1 atom stereocenters. The molecule has 0 saturated carbocycles.